The van der Waals surface area contributed by atoms with Gasteiger partial charge in [-0.25, -0.2) is 0 Å². The molecule has 1 N–H and O–H groups in total. The molecule has 4 unspecified atom stereocenters. The van der Waals surface area contributed by atoms with Gasteiger partial charge >= 0.3 is 0 Å². The lowest BCUT2D eigenvalue weighted by Crippen LogP contribution is -2.48. The van der Waals surface area contributed by atoms with Gasteiger partial charge in [-0.2, -0.15) is 0 Å². The molecule has 4 atom stereocenters. The number of piperidine rings is 1. The second kappa shape index (κ2) is 6.70. The minimum atomic E-state index is -4.10. The summed E-state index contributed by atoms with van der Waals surface area (Å²) in [4.78, 5) is 0.0529. The zero-order valence-electron chi connectivity index (χ0n) is 30.6. The Hall–Kier alpha value is -1.26. The molecule has 0 bridgehead atoms. The van der Waals surface area contributed by atoms with Gasteiger partial charge in [0.25, 0.3) is 0 Å². The quantitative estimate of drug-likeness (QED) is 0.917. The van der Waals surface area contributed by atoms with Gasteiger partial charge in [-0.05, 0) is 54.2 Å². The molecule has 1 aromatic carbocycles. The summed E-state index contributed by atoms with van der Waals surface area (Å²) in [5.41, 5.74) is -1.59. The van der Waals surface area contributed by atoms with Crippen LogP contribution in [0.5, 0.6) is 11.5 Å². The Kier molecular flexibility index (Phi) is 1.56. The molecule has 2 aliphatic heterocycles. The molecule has 3 rings (SSSR count). The van der Waals surface area contributed by atoms with Crippen LogP contribution in [0.25, 0.3) is 0 Å². The van der Waals surface area contributed by atoms with Crippen LogP contribution in [-0.2, 0) is 6.37 Å². The SMILES string of the molecule is [2H]C([2H])([2H])Oc1cc2c(cc1OC)C([2H])([2H])C([2H])([2H])N1CC([2H])(C([2H])([2H])C([2H])(C)C([2H])([2H])[2H])C([2H])(O)C([2H])([2H])C21[2H]. The van der Waals surface area contributed by atoms with Gasteiger partial charge in [-0.3, -0.25) is 4.90 Å². The highest BCUT2D eigenvalue weighted by molar-refractivity contribution is 5.49. The van der Waals surface area contributed by atoms with E-state index < -0.39 is 92.6 Å². The number of aryl methyl sites for hydroxylation is 1. The molecule has 0 amide bonds. The average Bonchev–Trinajstić information content (AvgIpc) is 2.77. The normalized spacial score (nSPS) is 59.4. The smallest absolute Gasteiger partial charge is 0.161 e. The van der Waals surface area contributed by atoms with Crippen LogP contribution in [0.3, 0.4) is 0 Å². The molecule has 4 nitrogen and oxygen atoms in total. The standard InChI is InChI=1S/C19H29NO3/c1-12(2)7-14-11-20-6-5-13-8-18(22-3)19(23-4)9-15(13)16(20)10-17(14)21/h8-9,12,14,16-17,21H,5-7,10-11H2,1-4H3/i1D3,4D3,5D2,6D2,7D2,10D2,12D,14D,16D,17D. The van der Waals surface area contributed by atoms with Crippen LogP contribution < -0.4 is 9.47 Å². The van der Waals surface area contributed by atoms with Crippen LogP contribution >= 0.6 is 0 Å². The minimum absolute atomic E-state index is 0.0529. The van der Waals surface area contributed by atoms with E-state index in [-0.39, 0.29) is 4.90 Å². The Morgan fingerprint density at radius 1 is 1.57 bits per heavy atom. The van der Waals surface area contributed by atoms with Gasteiger partial charge in [-0.15, -0.1) is 0 Å². The van der Waals surface area contributed by atoms with Crippen molar-refractivity contribution >= 4 is 0 Å². The van der Waals surface area contributed by atoms with Crippen LogP contribution in [0.4, 0.5) is 0 Å². The van der Waals surface area contributed by atoms with E-state index in [1.807, 2.05) is 0 Å². The van der Waals surface area contributed by atoms with Gasteiger partial charge in [-0.1, -0.05) is 13.8 Å². The molecule has 0 aliphatic carbocycles. The molecule has 1 saturated heterocycles. The summed E-state index contributed by atoms with van der Waals surface area (Å²) in [6, 6.07) is -1.94. The van der Waals surface area contributed by atoms with Crippen molar-refractivity contribution in [3.8, 4) is 11.5 Å². The largest absolute Gasteiger partial charge is 0.493 e. The Morgan fingerprint density at radius 3 is 3.13 bits per heavy atom. The number of nitrogens with zero attached hydrogens (tertiary/aromatic N) is 1. The minimum Gasteiger partial charge on any atom is -0.493 e. The fraction of sp³-hybridized carbons (Fsp3) is 0.684. The second-order valence-electron chi connectivity index (χ2n) is 5.02. The van der Waals surface area contributed by atoms with E-state index in [1.54, 1.807) is 0 Å². The highest BCUT2D eigenvalue weighted by Crippen LogP contribution is 2.43. The van der Waals surface area contributed by atoms with Crippen molar-refractivity contribution in [1.82, 2.24) is 4.90 Å². The third-order valence-electron chi connectivity index (χ3n) is 3.44. The lowest BCUT2D eigenvalue weighted by atomic mass is 9.79. The van der Waals surface area contributed by atoms with Crippen LogP contribution in [0, 0.1) is 11.8 Å². The van der Waals surface area contributed by atoms with Crippen molar-refractivity contribution in [2.24, 2.45) is 11.8 Å². The molecular weight excluding hydrogens is 290 g/mol. The molecule has 0 aromatic heterocycles. The lowest BCUT2D eigenvalue weighted by Gasteiger charge is -2.46. The number of benzene rings is 1. The highest BCUT2D eigenvalue weighted by Gasteiger charge is 2.38. The summed E-state index contributed by atoms with van der Waals surface area (Å²) in [6.07, 6.45) is -15.1. The van der Waals surface area contributed by atoms with Crippen LogP contribution in [0.15, 0.2) is 12.1 Å². The Morgan fingerprint density at radius 2 is 2.39 bits per heavy atom. The molecule has 1 aromatic rings. The van der Waals surface area contributed by atoms with Gasteiger partial charge in [0.2, 0.25) is 0 Å². The number of methoxy groups -OCH3 is 2. The molecule has 23 heavy (non-hydrogen) atoms. The third-order valence-corrected chi connectivity index (χ3v) is 3.44. The predicted octanol–water partition coefficient (Wildman–Crippen LogP) is 3.03. The van der Waals surface area contributed by atoms with Gasteiger partial charge in [0.1, 0.15) is 0 Å². The van der Waals surface area contributed by atoms with Crippen molar-refractivity contribution in [1.29, 1.82) is 0 Å². The monoisotopic (exact) mass is 337 g/mol. The van der Waals surface area contributed by atoms with Crippen LogP contribution in [-0.4, -0.2) is 43.3 Å². The topological polar surface area (TPSA) is 41.9 Å². The van der Waals surface area contributed by atoms with Crippen molar-refractivity contribution < 1.29 is 39.3 Å². The van der Waals surface area contributed by atoms with Crippen molar-refractivity contribution in [3.63, 3.8) is 0 Å². The third kappa shape index (κ3) is 3.20. The summed E-state index contributed by atoms with van der Waals surface area (Å²) in [6.45, 7) is -8.14. The average molecular weight is 338 g/mol. The van der Waals surface area contributed by atoms with Crippen molar-refractivity contribution in [3.05, 3.63) is 23.3 Å². The maximum Gasteiger partial charge on any atom is 0.161 e. The molecule has 0 radical (unpaired) electrons. The zero-order chi connectivity index (χ0) is 32.4. The molecule has 0 spiro atoms. The number of rotatable bonds is 4. The Labute approximate surface area is 164 Å². The van der Waals surface area contributed by atoms with E-state index >= 15 is 0 Å². The molecule has 2 heterocycles. The van der Waals surface area contributed by atoms with E-state index in [4.69, 9.17) is 32.8 Å². The maximum absolute atomic E-state index is 11.4. The first-order valence-electron chi connectivity index (χ1n) is 15.8. The fourth-order valence-electron chi connectivity index (χ4n) is 2.43. The Bertz CT molecular complexity index is 1220. The molecule has 4 heteroatoms. The number of fused-ring (bicyclic) bond motifs is 3. The Balaban J connectivity index is 2.48. The van der Waals surface area contributed by atoms with E-state index in [9.17, 15) is 6.48 Å². The van der Waals surface area contributed by atoms with Crippen LogP contribution in [0.2, 0.25) is 0 Å². The van der Waals surface area contributed by atoms with Crippen molar-refractivity contribution in [2.75, 3.05) is 27.2 Å². The summed E-state index contributed by atoms with van der Waals surface area (Å²) in [5, 5.41) is 11.4. The molecule has 2 aliphatic rings. The first-order chi connectivity index (χ1) is 17.8. The van der Waals surface area contributed by atoms with Gasteiger partial charge in [0, 0.05) is 36.9 Å². The fourth-order valence-corrected chi connectivity index (χ4v) is 2.43. The predicted molar refractivity (Wildman–Crippen MR) is 91.1 cm³/mol. The number of hydrogen-bond donors (Lipinski definition) is 1. The highest BCUT2D eigenvalue weighted by atomic mass is 16.5. The van der Waals surface area contributed by atoms with Crippen LogP contribution in [0.1, 0.15) is 68.3 Å². The first-order valence-corrected chi connectivity index (χ1v) is 6.77. The molecule has 1 fully saturated rings. The summed E-state index contributed by atoms with van der Waals surface area (Å²) in [7, 11) is -2.09. The molecule has 128 valence electrons. The number of hydrogen-bond acceptors (Lipinski definition) is 4. The van der Waals surface area contributed by atoms with E-state index in [2.05, 4.69) is 0 Å². The number of aliphatic hydroxyl groups is 1. The summed E-state index contributed by atoms with van der Waals surface area (Å²) < 4.78 is 159. The van der Waals surface area contributed by atoms with Gasteiger partial charge in [0.05, 0.1) is 27.1 Å². The van der Waals surface area contributed by atoms with Gasteiger partial charge < -0.3 is 14.6 Å². The summed E-state index contributed by atoms with van der Waals surface area (Å²) in [5.74, 6) is -8.14. The zero-order valence-corrected chi connectivity index (χ0v) is 12.6. The molecule has 0 saturated carbocycles. The van der Waals surface area contributed by atoms with E-state index in [0.29, 0.717) is 13.0 Å². The van der Waals surface area contributed by atoms with Gasteiger partial charge in [0.15, 0.2) is 11.5 Å². The second-order valence-corrected chi connectivity index (χ2v) is 5.02. The number of ether oxygens (including phenoxy) is 2. The summed E-state index contributed by atoms with van der Waals surface area (Å²) >= 11 is 0. The maximum atomic E-state index is 11.4. The van der Waals surface area contributed by atoms with Crippen molar-refractivity contribution in [2.45, 2.75) is 45.0 Å². The van der Waals surface area contributed by atoms with E-state index in [0.717, 1.165) is 13.2 Å². The van der Waals surface area contributed by atoms with E-state index in [1.165, 1.54) is 0 Å². The lowest BCUT2D eigenvalue weighted by molar-refractivity contribution is -0.0191. The first kappa shape index (κ1) is 5.37. The molecular formula is C19H29NO3.